The lowest BCUT2D eigenvalue weighted by Crippen LogP contribution is -2.26. The van der Waals surface area contributed by atoms with Gasteiger partial charge in [-0.05, 0) is 31.4 Å². The molecule has 0 saturated heterocycles. The van der Waals surface area contributed by atoms with E-state index in [9.17, 15) is 0 Å². The molecule has 6 heteroatoms. The van der Waals surface area contributed by atoms with Crippen molar-refractivity contribution in [1.82, 2.24) is 15.0 Å². The van der Waals surface area contributed by atoms with Gasteiger partial charge in [-0.1, -0.05) is 26.7 Å². The number of ether oxygens (including phenoxy) is 1. The minimum absolute atomic E-state index is 0.146. The van der Waals surface area contributed by atoms with Gasteiger partial charge in [0, 0.05) is 6.04 Å². The molecule has 0 aliphatic rings. The Hall–Kier alpha value is -1.10. The third-order valence-corrected chi connectivity index (χ3v) is 3.14. The lowest BCUT2D eigenvalue weighted by molar-refractivity contribution is 0.311. The molecule has 1 unspecified atom stereocenters. The smallest absolute Gasteiger partial charge is 0.322 e. The maximum atomic E-state index is 5.83. The molecule has 1 N–H and O–H groups in total. The topological polar surface area (TPSA) is 59.9 Å². The first-order valence-electron chi connectivity index (χ1n) is 6.41. The fourth-order valence-electron chi connectivity index (χ4n) is 1.91. The van der Waals surface area contributed by atoms with Crippen molar-refractivity contribution in [2.24, 2.45) is 5.92 Å². The molecule has 0 aromatic carbocycles. The summed E-state index contributed by atoms with van der Waals surface area (Å²) in [5.41, 5.74) is 0. The fraction of sp³-hybridized carbons (Fsp3) is 0.750. The lowest BCUT2D eigenvalue weighted by atomic mass is 9.96. The van der Waals surface area contributed by atoms with E-state index in [0.29, 0.717) is 18.5 Å². The number of hydrogen-bond donors (Lipinski definition) is 1. The maximum Gasteiger partial charge on any atom is 0.322 e. The van der Waals surface area contributed by atoms with Gasteiger partial charge in [-0.3, -0.25) is 0 Å². The summed E-state index contributed by atoms with van der Waals surface area (Å²) >= 11 is 5.83. The van der Waals surface area contributed by atoms with Gasteiger partial charge in [-0.15, -0.1) is 0 Å². The molecule has 18 heavy (non-hydrogen) atoms. The molecule has 5 nitrogen and oxygen atoms in total. The summed E-state index contributed by atoms with van der Waals surface area (Å²) in [5, 5.41) is 3.40. The number of nitrogens with one attached hydrogen (secondary N) is 1. The van der Waals surface area contributed by atoms with E-state index in [1.54, 1.807) is 0 Å². The molecule has 0 aliphatic heterocycles. The zero-order valence-corrected chi connectivity index (χ0v) is 12.2. The molecule has 0 fully saturated rings. The first-order valence-corrected chi connectivity index (χ1v) is 6.79. The van der Waals surface area contributed by atoms with Crippen molar-refractivity contribution in [2.75, 3.05) is 11.9 Å². The van der Waals surface area contributed by atoms with Gasteiger partial charge >= 0.3 is 6.01 Å². The highest BCUT2D eigenvalue weighted by Gasteiger charge is 2.15. The molecule has 0 radical (unpaired) electrons. The Morgan fingerprint density at radius 2 is 1.83 bits per heavy atom. The maximum absolute atomic E-state index is 5.83. The van der Waals surface area contributed by atoms with Crippen LogP contribution in [0, 0.1) is 5.92 Å². The van der Waals surface area contributed by atoms with Crippen LogP contribution in [-0.4, -0.2) is 27.6 Å². The van der Waals surface area contributed by atoms with Gasteiger partial charge in [-0.25, -0.2) is 0 Å². The fourth-order valence-corrected chi connectivity index (χ4v) is 2.06. The molecule has 1 rings (SSSR count). The second kappa shape index (κ2) is 7.36. The van der Waals surface area contributed by atoms with E-state index in [1.165, 1.54) is 0 Å². The summed E-state index contributed by atoms with van der Waals surface area (Å²) in [7, 11) is 0. The van der Waals surface area contributed by atoms with Crippen LogP contribution in [0.4, 0.5) is 5.95 Å². The summed E-state index contributed by atoms with van der Waals surface area (Å²) in [6.45, 7) is 8.85. The first kappa shape index (κ1) is 15.0. The van der Waals surface area contributed by atoms with Gasteiger partial charge < -0.3 is 10.1 Å². The van der Waals surface area contributed by atoms with Crippen LogP contribution in [0.3, 0.4) is 0 Å². The summed E-state index contributed by atoms with van der Waals surface area (Å²) in [6.07, 6.45) is 2.23. The van der Waals surface area contributed by atoms with Crippen molar-refractivity contribution in [1.29, 1.82) is 0 Å². The van der Waals surface area contributed by atoms with Crippen molar-refractivity contribution < 1.29 is 4.74 Å². The van der Waals surface area contributed by atoms with Crippen molar-refractivity contribution in [3.8, 4) is 6.01 Å². The Balaban J connectivity index is 2.77. The molecule has 1 heterocycles. The van der Waals surface area contributed by atoms with Crippen LogP contribution in [-0.2, 0) is 0 Å². The van der Waals surface area contributed by atoms with E-state index in [1.807, 2.05) is 6.92 Å². The van der Waals surface area contributed by atoms with Crippen molar-refractivity contribution in [2.45, 2.75) is 46.6 Å². The number of rotatable bonds is 7. The van der Waals surface area contributed by atoms with Crippen LogP contribution in [0.1, 0.15) is 40.5 Å². The second-order valence-electron chi connectivity index (χ2n) is 4.15. The molecule has 0 bridgehead atoms. The Kier molecular flexibility index (Phi) is 6.12. The standard InChI is InChI=1S/C12H21ClN4O/c1-5-9(6-2)8(4)14-11-15-10(13)16-12(17-11)18-7-3/h8-9H,5-7H2,1-4H3,(H,14,15,16,17). The third kappa shape index (κ3) is 4.29. The Bertz CT molecular complexity index is 371. The largest absolute Gasteiger partial charge is 0.464 e. The number of hydrogen-bond acceptors (Lipinski definition) is 5. The zero-order chi connectivity index (χ0) is 13.5. The Morgan fingerprint density at radius 1 is 1.17 bits per heavy atom. The molecule has 1 aromatic heterocycles. The molecular weight excluding hydrogens is 252 g/mol. The predicted molar refractivity (Wildman–Crippen MR) is 73.2 cm³/mol. The van der Waals surface area contributed by atoms with E-state index < -0.39 is 0 Å². The summed E-state index contributed by atoms with van der Waals surface area (Å²) in [6, 6.07) is 0.546. The van der Waals surface area contributed by atoms with Crippen LogP contribution in [0.25, 0.3) is 0 Å². The number of nitrogens with zero attached hydrogens (tertiary/aromatic N) is 3. The van der Waals surface area contributed by atoms with Crippen LogP contribution in [0.5, 0.6) is 6.01 Å². The van der Waals surface area contributed by atoms with Crippen molar-refractivity contribution in [3.63, 3.8) is 0 Å². The minimum Gasteiger partial charge on any atom is -0.464 e. The molecule has 102 valence electrons. The summed E-state index contributed by atoms with van der Waals surface area (Å²) < 4.78 is 5.24. The highest BCUT2D eigenvalue weighted by Crippen LogP contribution is 2.18. The van der Waals surface area contributed by atoms with E-state index >= 15 is 0 Å². The molecule has 0 spiro atoms. The highest BCUT2D eigenvalue weighted by molar-refractivity contribution is 6.28. The minimum atomic E-state index is 0.146. The second-order valence-corrected chi connectivity index (χ2v) is 4.49. The van der Waals surface area contributed by atoms with Gasteiger partial charge in [0.1, 0.15) is 0 Å². The highest BCUT2D eigenvalue weighted by atomic mass is 35.5. The van der Waals surface area contributed by atoms with Gasteiger partial charge in [-0.2, -0.15) is 15.0 Å². The normalized spacial score (nSPS) is 12.6. The number of anilines is 1. The number of halogens is 1. The van der Waals surface area contributed by atoms with Gasteiger partial charge in [0.15, 0.2) is 0 Å². The molecule has 0 amide bonds. The molecular formula is C12H21ClN4O. The van der Waals surface area contributed by atoms with Crippen LogP contribution < -0.4 is 10.1 Å². The first-order chi connectivity index (χ1) is 8.60. The number of aromatic nitrogens is 3. The van der Waals surface area contributed by atoms with Crippen LogP contribution >= 0.6 is 11.6 Å². The van der Waals surface area contributed by atoms with Crippen LogP contribution in [0.15, 0.2) is 0 Å². The Morgan fingerprint density at radius 3 is 2.39 bits per heavy atom. The van der Waals surface area contributed by atoms with E-state index in [2.05, 4.69) is 41.0 Å². The third-order valence-electron chi connectivity index (χ3n) is 2.97. The monoisotopic (exact) mass is 272 g/mol. The van der Waals surface area contributed by atoms with Crippen LogP contribution in [0.2, 0.25) is 5.28 Å². The van der Waals surface area contributed by atoms with Crippen molar-refractivity contribution >= 4 is 17.5 Å². The van der Waals surface area contributed by atoms with Gasteiger partial charge in [0.2, 0.25) is 11.2 Å². The molecule has 0 saturated carbocycles. The van der Waals surface area contributed by atoms with E-state index in [-0.39, 0.29) is 17.3 Å². The van der Waals surface area contributed by atoms with E-state index in [4.69, 9.17) is 16.3 Å². The van der Waals surface area contributed by atoms with Crippen molar-refractivity contribution in [3.05, 3.63) is 5.28 Å². The summed E-state index contributed by atoms with van der Waals surface area (Å²) in [4.78, 5) is 12.1. The van der Waals surface area contributed by atoms with E-state index in [0.717, 1.165) is 12.8 Å². The summed E-state index contributed by atoms with van der Waals surface area (Å²) in [5.74, 6) is 1.05. The lowest BCUT2D eigenvalue weighted by Gasteiger charge is -2.22. The average molecular weight is 273 g/mol. The van der Waals surface area contributed by atoms with Gasteiger partial charge in [0.25, 0.3) is 0 Å². The zero-order valence-electron chi connectivity index (χ0n) is 11.4. The molecule has 1 atom stereocenters. The predicted octanol–water partition coefficient (Wildman–Crippen LogP) is 3.16. The quantitative estimate of drug-likeness (QED) is 0.826. The SMILES string of the molecule is CCOc1nc(Cl)nc(NC(C)C(CC)CC)n1. The average Bonchev–Trinajstić information content (AvgIpc) is 2.30. The van der Waals surface area contributed by atoms with Gasteiger partial charge in [0.05, 0.1) is 6.61 Å². The molecule has 1 aromatic rings. The Labute approximate surface area is 113 Å². The molecule has 0 aliphatic carbocycles.